The van der Waals surface area contributed by atoms with Gasteiger partial charge in [0, 0.05) is 20.6 Å². The molecule has 0 aromatic heterocycles. The van der Waals surface area contributed by atoms with E-state index < -0.39 is 10.0 Å². The zero-order valence-corrected chi connectivity index (χ0v) is 16.5. The first-order valence-electron chi connectivity index (χ1n) is 7.59. The predicted molar refractivity (Wildman–Crippen MR) is 100 cm³/mol. The third-order valence-electron chi connectivity index (χ3n) is 3.91. The lowest BCUT2D eigenvalue weighted by Crippen LogP contribution is -2.52. The minimum atomic E-state index is -3.71. The Morgan fingerprint density at radius 3 is 2.68 bits per heavy atom. The highest BCUT2D eigenvalue weighted by Crippen LogP contribution is 2.26. The summed E-state index contributed by atoms with van der Waals surface area (Å²) in [5, 5.41) is 6.02. The molecule has 10 heteroatoms. The molecule has 1 saturated heterocycles. The molecule has 1 fully saturated rings. The number of halogens is 2. The summed E-state index contributed by atoms with van der Waals surface area (Å²) in [6, 6.07) is 4.20. The second-order valence-corrected chi connectivity index (χ2v) is 8.07. The summed E-state index contributed by atoms with van der Waals surface area (Å²) in [7, 11) is -2.12. The Labute approximate surface area is 159 Å². The van der Waals surface area contributed by atoms with E-state index in [-0.39, 0.29) is 40.3 Å². The number of anilines is 1. The summed E-state index contributed by atoms with van der Waals surface area (Å²) >= 11 is 6.04. The van der Waals surface area contributed by atoms with Crippen LogP contribution in [0.5, 0.6) is 0 Å². The Morgan fingerprint density at radius 1 is 1.44 bits per heavy atom. The normalized spacial score (nSPS) is 20.1. The molecule has 1 heterocycles. The van der Waals surface area contributed by atoms with Gasteiger partial charge in [-0.15, -0.1) is 12.4 Å². The fourth-order valence-corrected chi connectivity index (χ4v) is 4.19. The van der Waals surface area contributed by atoms with Crippen LogP contribution in [-0.2, 0) is 19.6 Å². The number of hydrogen-bond donors (Lipinski definition) is 3. The quantitative estimate of drug-likeness (QED) is 0.634. The molecular formula is C15H23Cl2N3O4S. The fourth-order valence-electron chi connectivity index (χ4n) is 2.74. The third-order valence-corrected chi connectivity index (χ3v) is 5.63. The number of hydrogen-bond acceptors (Lipinski definition) is 5. The zero-order valence-electron chi connectivity index (χ0n) is 14.1. The van der Waals surface area contributed by atoms with Crippen LogP contribution < -0.4 is 15.4 Å². The topological polar surface area (TPSA) is 96.5 Å². The molecule has 1 aromatic carbocycles. The molecule has 142 valence electrons. The maximum absolute atomic E-state index is 12.5. The van der Waals surface area contributed by atoms with Crippen molar-refractivity contribution >= 4 is 45.6 Å². The van der Waals surface area contributed by atoms with Crippen molar-refractivity contribution < 1.29 is 17.9 Å². The van der Waals surface area contributed by atoms with Gasteiger partial charge in [-0.25, -0.2) is 13.1 Å². The Hall–Kier alpha value is -0.900. The van der Waals surface area contributed by atoms with Crippen molar-refractivity contribution in [1.29, 1.82) is 0 Å². The van der Waals surface area contributed by atoms with Gasteiger partial charge >= 0.3 is 0 Å². The number of ether oxygens (including phenoxy) is 1. The van der Waals surface area contributed by atoms with Crippen LogP contribution in [0.15, 0.2) is 23.1 Å². The van der Waals surface area contributed by atoms with Crippen molar-refractivity contribution in [3.05, 3.63) is 23.2 Å². The molecule has 1 atom stereocenters. The summed E-state index contributed by atoms with van der Waals surface area (Å²) in [4.78, 5) is 11.1. The summed E-state index contributed by atoms with van der Waals surface area (Å²) in [5.41, 5.74) is -0.0155. The van der Waals surface area contributed by atoms with Gasteiger partial charge in [-0.3, -0.25) is 4.79 Å². The van der Waals surface area contributed by atoms with Gasteiger partial charge < -0.3 is 15.4 Å². The maximum atomic E-state index is 12.5. The van der Waals surface area contributed by atoms with Crippen LogP contribution in [0.25, 0.3) is 0 Å². The van der Waals surface area contributed by atoms with E-state index in [1.807, 2.05) is 0 Å². The highest BCUT2D eigenvalue weighted by atomic mass is 35.5. The van der Waals surface area contributed by atoms with Crippen molar-refractivity contribution in [1.82, 2.24) is 10.0 Å². The largest absolute Gasteiger partial charge is 0.383 e. The average Bonchev–Trinajstić information content (AvgIpc) is 2.96. The highest BCUT2D eigenvalue weighted by molar-refractivity contribution is 7.89. The second kappa shape index (κ2) is 9.16. The third kappa shape index (κ3) is 5.80. The maximum Gasteiger partial charge on any atom is 0.240 e. The Balaban J connectivity index is 0.00000312. The Bertz CT molecular complexity index is 707. The van der Waals surface area contributed by atoms with E-state index in [2.05, 4.69) is 15.4 Å². The van der Waals surface area contributed by atoms with Crippen LogP contribution in [0, 0.1) is 0 Å². The van der Waals surface area contributed by atoms with E-state index in [9.17, 15) is 13.2 Å². The van der Waals surface area contributed by atoms with Crippen LogP contribution in [0.3, 0.4) is 0 Å². The van der Waals surface area contributed by atoms with Gasteiger partial charge in [-0.1, -0.05) is 11.6 Å². The van der Waals surface area contributed by atoms with Crippen molar-refractivity contribution in [2.75, 3.05) is 32.1 Å². The molecule has 1 aliphatic rings. The van der Waals surface area contributed by atoms with E-state index >= 15 is 0 Å². The standard InChI is InChI=1S/C15H22ClN3O4S.ClH/c1-11(20)19-14-5-4-12(8-13(14)16)24(21,22)18-9-15(10-23-2)6-3-7-17-15;/h4-5,8,17-18H,3,6-7,9-10H2,1-2H3,(H,19,20);1H. The van der Waals surface area contributed by atoms with E-state index in [0.29, 0.717) is 12.3 Å². The average molecular weight is 412 g/mol. The first-order chi connectivity index (χ1) is 11.3. The van der Waals surface area contributed by atoms with Crippen LogP contribution in [-0.4, -0.2) is 46.7 Å². The molecule has 0 radical (unpaired) electrons. The van der Waals surface area contributed by atoms with Crippen LogP contribution >= 0.6 is 24.0 Å². The molecule has 3 N–H and O–H groups in total. The number of carbonyl (C=O) groups excluding carboxylic acids is 1. The number of rotatable bonds is 7. The van der Waals surface area contributed by atoms with Crippen LogP contribution in [0.4, 0.5) is 5.69 Å². The van der Waals surface area contributed by atoms with Crippen molar-refractivity contribution in [3.63, 3.8) is 0 Å². The van der Waals surface area contributed by atoms with Gasteiger partial charge in [-0.2, -0.15) is 0 Å². The fraction of sp³-hybridized carbons (Fsp3) is 0.533. The van der Waals surface area contributed by atoms with E-state index in [1.165, 1.54) is 25.1 Å². The van der Waals surface area contributed by atoms with Gasteiger partial charge in [0.05, 0.1) is 27.8 Å². The SMILES string of the molecule is COCC1(CNS(=O)(=O)c2ccc(NC(C)=O)c(Cl)c2)CCCN1.Cl. The molecule has 1 aromatic rings. The van der Waals surface area contributed by atoms with Gasteiger partial charge in [0.25, 0.3) is 0 Å². The lowest BCUT2D eigenvalue weighted by molar-refractivity contribution is -0.114. The molecule has 25 heavy (non-hydrogen) atoms. The van der Waals surface area contributed by atoms with Gasteiger partial charge in [0.15, 0.2) is 0 Å². The number of carbonyl (C=O) groups is 1. The van der Waals surface area contributed by atoms with Crippen LogP contribution in [0.1, 0.15) is 19.8 Å². The summed E-state index contributed by atoms with van der Waals surface area (Å²) in [5.74, 6) is -0.278. The van der Waals surface area contributed by atoms with Crippen molar-refractivity contribution in [2.45, 2.75) is 30.2 Å². The summed E-state index contributed by atoms with van der Waals surface area (Å²) < 4.78 is 32.8. The molecule has 1 unspecified atom stereocenters. The lowest BCUT2D eigenvalue weighted by atomic mass is 9.99. The van der Waals surface area contributed by atoms with E-state index in [0.717, 1.165) is 19.4 Å². The number of methoxy groups -OCH3 is 1. The van der Waals surface area contributed by atoms with Crippen molar-refractivity contribution in [3.8, 4) is 0 Å². The molecule has 0 saturated carbocycles. The highest BCUT2D eigenvalue weighted by Gasteiger charge is 2.34. The molecule has 1 amide bonds. The van der Waals surface area contributed by atoms with Crippen LogP contribution in [0.2, 0.25) is 5.02 Å². The molecule has 1 aliphatic heterocycles. The first kappa shape index (κ1) is 22.1. The number of sulfonamides is 1. The minimum Gasteiger partial charge on any atom is -0.383 e. The van der Waals surface area contributed by atoms with Crippen molar-refractivity contribution in [2.24, 2.45) is 0 Å². The predicted octanol–water partition coefficient (Wildman–Crippen LogP) is 1.77. The smallest absolute Gasteiger partial charge is 0.240 e. The first-order valence-corrected chi connectivity index (χ1v) is 9.45. The number of amides is 1. The minimum absolute atomic E-state index is 0. The zero-order chi connectivity index (χ0) is 17.8. The molecule has 2 rings (SSSR count). The molecule has 7 nitrogen and oxygen atoms in total. The molecule has 0 bridgehead atoms. The van der Waals surface area contributed by atoms with Gasteiger partial charge in [0.2, 0.25) is 15.9 Å². The van der Waals surface area contributed by atoms with Gasteiger partial charge in [0.1, 0.15) is 0 Å². The van der Waals surface area contributed by atoms with E-state index in [1.54, 1.807) is 7.11 Å². The number of benzene rings is 1. The molecule has 0 aliphatic carbocycles. The molecule has 0 spiro atoms. The van der Waals surface area contributed by atoms with E-state index in [4.69, 9.17) is 16.3 Å². The Morgan fingerprint density at radius 2 is 2.16 bits per heavy atom. The summed E-state index contributed by atoms with van der Waals surface area (Å²) in [6.07, 6.45) is 1.81. The number of nitrogens with one attached hydrogen (secondary N) is 3. The lowest BCUT2D eigenvalue weighted by Gasteiger charge is -2.28. The van der Waals surface area contributed by atoms with Gasteiger partial charge in [-0.05, 0) is 37.6 Å². The second-order valence-electron chi connectivity index (χ2n) is 5.89. The molecular weight excluding hydrogens is 389 g/mol. The summed E-state index contributed by atoms with van der Waals surface area (Å²) in [6.45, 7) is 2.85. The monoisotopic (exact) mass is 411 g/mol. The Kier molecular flexibility index (Phi) is 8.11.